The molecule has 0 aliphatic heterocycles. The second-order valence-electron chi connectivity index (χ2n) is 7.52. The highest BCUT2D eigenvalue weighted by Crippen LogP contribution is 2.29. The molecule has 2 aromatic heterocycles. The zero-order valence-corrected chi connectivity index (χ0v) is 20.4. The van der Waals surface area contributed by atoms with E-state index in [9.17, 15) is 9.59 Å². The number of para-hydroxylation sites is 1. The van der Waals surface area contributed by atoms with E-state index in [1.54, 1.807) is 18.7 Å². The summed E-state index contributed by atoms with van der Waals surface area (Å²) in [6, 6.07) is 15.4. The van der Waals surface area contributed by atoms with E-state index in [1.807, 2.05) is 42.5 Å². The fraction of sp³-hybridized carbons (Fsp3) is 0.217. The van der Waals surface area contributed by atoms with Gasteiger partial charge in [0.05, 0.1) is 17.1 Å². The monoisotopic (exact) mass is 480 g/mol. The fourth-order valence-corrected chi connectivity index (χ4v) is 4.90. The van der Waals surface area contributed by atoms with Crippen molar-refractivity contribution in [3.8, 4) is 5.69 Å². The summed E-state index contributed by atoms with van der Waals surface area (Å²) in [7, 11) is 1.79. The first-order chi connectivity index (χ1) is 15.8. The molecule has 0 spiro atoms. The lowest BCUT2D eigenvalue weighted by Gasteiger charge is -2.08. The number of amides is 1. The molecular weight excluding hydrogens is 456 g/mol. The van der Waals surface area contributed by atoms with E-state index in [4.69, 9.17) is 0 Å². The molecule has 8 nitrogen and oxygen atoms in total. The van der Waals surface area contributed by atoms with Crippen LogP contribution in [0.3, 0.4) is 0 Å². The lowest BCUT2D eigenvalue weighted by molar-refractivity contribution is -0.113. The third-order valence-corrected chi connectivity index (χ3v) is 7.37. The van der Waals surface area contributed by atoms with Gasteiger partial charge in [0.2, 0.25) is 11.0 Å². The summed E-state index contributed by atoms with van der Waals surface area (Å²) in [5, 5.41) is 15.0. The number of nitrogens with one attached hydrogen (secondary N) is 2. The molecule has 0 fully saturated rings. The van der Waals surface area contributed by atoms with Crippen molar-refractivity contribution < 1.29 is 4.79 Å². The van der Waals surface area contributed by atoms with Gasteiger partial charge in [-0.3, -0.25) is 14.3 Å². The maximum atomic E-state index is 12.9. The normalized spacial score (nSPS) is 10.9. The molecule has 0 radical (unpaired) electrons. The molecular formula is C23H24N6O2S2. The molecule has 10 heteroatoms. The van der Waals surface area contributed by atoms with Gasteiger partial charge >= 0.3 is 0 Å². The Bertz CT molecular complexity index is 1360. The Labute approximate surface area is 199 Å². The molecule has 4 rings (SSSR count). The Kier molecular flexibility index (Phi) is 6.66. The third-order valence-electron chi connectivity index (χ3n) is 5.40. The molecule has 0 saturated heterocycles. The first-order valence-corrected chi connectivity index (χ1v) is 12.1. The Morgan fingerprint density at radius 1 is 1.06 bits per heavy atom. The summed E-state index contributed by atoms with van der Waals surface area (Å²) < 4.78 is 3.94. The van der Waals surface area contributed by atoms with E-state index in [0.29, 0.717) is 15.2 Å². The van der Waals surface area contributed by atoms with Crippen LogP contribution in [0.5, 0.6) is 0 Å². The van der Waals surface area contributed by atoms with E-state index < -0.39 is 0 Å². The second kappa shape index (κ2) is 9.63. The molecule has 4 aromatic rings. The summed E-state index contributed by atoms with van der Waals surface area (Å²) in [5.74, 6) is -0.151. The minimum absolute atomic E-state index is 0.122. The smallest absolute Gasteiger partial charge is 0.295 e. The number of thioether (sulfide) groups is 1. The zero-order valence-electron chi connectivity index (χ0n) is 18.7. The number of aromatic nitrogens is 4. The maximum Gasteiger partial charge on any atom is 0.295 e. The van der Waals surface area contributed by atoms with Gasteiger partial charge < -0.3 is 10.6 Å². The number of hydrogen-bond donors (Lipinski definition) is 2. The Balaban J connectivity index is 1.41. The van der Waals surface area contributed by atoms with Gasteiger partial charge in [0, 0.05) is 12.7 Å². The van der Waals surface area contributed by atoms with Crippen LogP contribution in [0.2, 0.25) is 0 Å². The molecule has 0 aliphatic carbocycles. The largest absolute Gasteiger partial charge is 0.330 e. The van der Waals surface area contributed by atoms with Crippen molar-refractivity contribution >= 4 is 45.5 Å². The Hall–Kier alpha value is -3.37. The zero-order chi connectivity index (χ0) is 23.5. The number of carbonyl (C=O) groups excluding carboxylic acids is 1. The van der Waals surface area contributed by atoms with Crippen LogP contribution in [-0.2, 0) is 11.8 Å². The Morgan fingerprint density at radius 3 is 2.58 bits per heavy atom. The van der Waals surface area contributed by atoms with E-state index in [2.05, 4.69) is 40.7 Å². The topological polar surface area (TPSA) is 93.8 Å². The summed E-state index contributed by atoms with van der Waals surface area (Å²) >= 11 is 2.66. The molecule has 2 N–H and O–H groups in total. The number of anilines is 3. The molecule has 1 amide bonds. The number of rotatable bonds is 7. The highest BCUT2D eigenvalue weighted by Gasteiger charge is 2.18. The highest BCUT2D eigenvalue weighted by molar-refractivity contribution is 8.01. The van der Waals surface area contributed by atoms with Crippen LogP contribution in [0.4, 0.5) is 16.5 Å². The van der Waals surface area contributed by atoms with Gasteiger partial charge in [-0.25, -0.2) is 4.68 Å². The van der Waals surface area contributed by atoms with Gasteiger partial charge in [-0.05, 0) is 50.1 Å². The van der Waals surface area contributed by atoms with Crippen LogP contribution in [0.25, 0.3) is 5.69 Å². The van der Waals surface area contributed by atoms with Crippen molar-refractivity contribution in [3.05, 3.63) is 75.7 Å². The summed E-state index contributed by atoms with van der Waals surface area (Å²) in [6.45, 7) is 5.92. The number of aryl methyl sites for hydroxylation is 1. The van der Waals surface area contributed by atoms with Gasteiger partial charge in [-0.2, -0.15) is 0 Å². The van der Waals surface area contributed by atoms with Crippen LogP contribution in [0.1, 0.15) is 16.8 Å². The van der Waals surface area contributed by atoms with Gasteiger partial charge in [0.15, 0.2) is 4.34 Å². The fourth-order valence-electron chi connectivity index (χ4n) is 3.34. The van der Waals surface area contributed by atoms with Gasteiger partial charge in [0.1, 0.15) is 5.69 Å². The van der Waals surface area contributed by atoms with E-state index in [0.717, 1.165) is 16.9 Å². The summed E-state index contributed by atoms with van der Waals surface area (Å²) in [6.07, 6.45) is 0. The second-order valence-corrected chi connectivity index (χ2v) is 9.72. The SMILES string of the molecule is Cc1cccc(Nc2nnc(SCC(=O)Nc3c(C)n(C)n(-c4ccccc4)c3=O)s2)c1C. The number of hydrogen-bond acceptors (Lipinski definition) is 7. The van der Waals surface area contributed by atoms with Crippen molar-refractivity contribution in [2.24, 2.45) is 7.05 Å². The summed E-state index contributed by atoms with van der Waals surface area (Å²) in [5.41, 5.74) is 4.75. The molecule has 2 heterocycles. The number of nitrogens with zero attached hydrogens (tertiary/aromatic N) is 4. The summed E-state index contributed by atoms with van der Waals surface area (Å²) in [4.78, 5) is 25.5. The van der Waals surface area contributed by atoms with Crippen LogP contribution in [0.15, 0.2) is 57.7 Å². The van der Waals surface area contributed by atoms with Crippen molar-refractivity contribution in [2.75, 3.05) is 16.4 Å². The molecule has 0 bridgehead atoms. The average molecular weight is 481 g/mol. The van der Waals surface area contributed by atoms with E-state index in [1.165, 1.54) is 33.3 Å². The van der Waals surface area contributed by atoms with E-state index in [-0.39, 0.29) is 22.9 Å². The molecule has 0 atom stereocenters. The molecule has 0 saturated carbocycles. The molecule has 0 aliphatic rings. The van der Waals surface area contributed by atoms with Crippen molar-refractivity contribution in [3.63, 3.8) is 0 Å². The quantitative estimate of drug-likeness (QED) is 0.380. The lowest BCUT2D eigenvalue weighted by atomic mass is 10.1. The van der Waals surface area contributed by atoms with Gasteiger partial charge in [-0.1, -0.05) is 53.4 Å². The third kappa shape index (κ3) is 4.86. The molecule has 170 valence electrons. The first-order valence-electron chi connectivity index (χ1n) is 10.3. The molecule has 2 aromatic carbocycles. The molecule has 0 unspecified atom stereocenters. The van der Waals surface area contributed by atoms with Crippen LogP contribution in [0, 0.1) is 20.8 Å². The van der Waals surface area contributed by atoms with E-state index >= 15 is 0 Å². The minimum Gasteiger partial charge on any atom is -0.330 e. The van der Waals surface area contributed by atoms with Crippen molar-refractivity contribution in [1.82, 2.24) is 19.6 Å². The number of carbonyl (C=O) groups is 1. The highest BCUT2D eigenvalue weighted by atomic mass is 32.2. The van der Waals surface area contributed by atoms with Gasteiger partial charge in [0.25, 0.3) is 5.56 Å². The first kappa shape index (κ1) is 22.8. The van der Waals surface area contributed by atoms with Crippen LogP contribution in [-0.4, -0.2) is 31.2 Å². The number of benzene rings is 2. The van der Waals surface area contributed by atoms with Crippen LogP contribution >= 0.6 is 23.1 Å². The van der Waals surface area contributed by atoms with Crippen molar-refractivity contribution in [1.29, 1.82) is 0 Å². The van der Waals surface area contributed by atoms with Crippen molar-refractivity contribution in [2.45, 2.75) is 25.1 Å². The predicted molar refractivity (Wildman–Crippen MR) is 134 cm³/mol. The molecule has 33 heavy (non-hydrogen) atoms. The van der Waals surface area contributed by atoms with Crippen LogP contribution < -0.4 is 16.2 Å². The predicted octanol–water partition coefficient (Wildman–Crippen LogP) is 4.43. The minimum atomic E-state index is -0.273. The Morgan fingerprint density at radius 2 is 1.82 bits per heavy atom. The average Bonchev–Trinajstić information content (AvgIpc) is 3.34. The lowest BCUT2D eigenvalue weighted by Crippen LogP contribution is -2.23. The maximum absolute atomic E-state index is 12.9. The standard InChI is InChI=1S/C23H24N6O2S2/c1-14-9-8-12-18(15(14)2)24-22-26-27-23(33-22)32-13-19(30)25-20-16(3)28(4)29(21(20)31)17-10-6-5-7-11-17/h5-12H,13H2,1-4H3,(H,24,26)(H,25,30). The van der Waals surface area contributed by atoms with Gasteiger partial charge in [-0.15, -0.1) is 10.2 Å².